The summed E-state index contributed by atoms with van der Waals surface area (Å²) in [5.41, 5.74) is 0.714. The van der Waals surface area contributed by atoms with E-state index in [0.29, 0.717) is 5.56 Å². The second kappa shape index (κ2) is 6.23. The monoisotopic (exact) mass is 182 g/mol. The van der Waals surface area contributed by atoms with Gasteiger partial charge in [0, 0.05) is 5.56 Å². The number of hydrogen-bond acceptors (Lipinski definition) is 2. The van der Waals surface area contributed by atoms with Crippen molar-refractivity contribution in [1.82, 2.24) is 0 Å². The zero-order chi connectivity index (χ0) is 8.27. The van der Waals surface area contributed by atoms with Crippen molar-refractivity contribution in [2.75, 3.05) is 7.11 Å². The van der Waals surface area contributed by atoms with Gasteiger partial charge in [0.25, 0.3) is 0 Å². The molecule has 2 heteroatoms. The van der Waals surface area contributed by atoms with Crippen molar-refractivity contribution in [2.24, 2.45) is 0 Å². The SMILES string of the molecule is C.C.COc1ccc(C(C)=O)cc1. The predicted molar refractivity (Wildman–Crippen MR) is 56.5 cm³/mol. The standard InChI is InChI=1S/C9H10O2.2CH4/c1-7(10)8-3-5-9(11-2)6-4-8;;/h3-6H,1-2H3;2*1H4. The van der Waals surface area contributed by atoms with E-state index in [1.807, 2.05) is 0 Å². The first-order valence-corrected chi connectivity index (χ1v) is 3.39. The highest BCUT2D eigenvalue weighted by Crippen LogP contribution is 2.11. The van der Waals surface area contributed by atoms with Gasteiger partial charge < -0.3 is 4.74 Å². The largest absolute Gasteiger partial charge is 0.497 e. The summed E-state index contributed by atoms with van der Waals surface area (Å²) in [6.45, 7) is 1.54. The molecule has 1 aromatic rings. The van der Waals surface area contributed by atoms with E-state index in [-0.39, 0.29) is 20.6 Å². The summed E-state index contributed by atoms with van der Waals surface area (Å²) in [5, 5.41) is 0. The number of rotatable bonds is 2. The Labute approximate surface area is 80.5 Å². The summed E-state index contributed by atoms with van der Waals surface area (Å²) >= 11 is 0. The molecule has 0 aromatic heterocycles. The van der Waals surface area contributed by atoms with Gasteiger partial charge in [-0.1, -0.05) is 14.9 Å². The van der Waals surface area contributed by atoms with Crippen LogP contribution in [-0.2, 0) is 0 Å². The minimum absolute atomic E-state index is 0. The summed E-state index contributed by atoms with van der Waals surface area (Å²) in [5.74, 6) is 0.850. The predicted octanol–water partition coefficient (Wildman–Crippen LogP) is 3.17. The van der Waals surface area contributed by atoms with Gasteiger partial charge >= 0.3 is 0 Å². The lowest BCUT2D eigenvalue weighted by Gasteiger charge is -1.98. The van der Waals surface area contributed by atoms with Gasteiger partial charge in [0.2, 0.25) is 0 Å². The number of benzene rings is 1. The summed E-state index contributed by atoms with van der Waals surface area (Å²) in [7, 11) is 1.60. The third kappa shape index (κ3) is 3.74. The molecular formula is C11H18O2. The first kappa shape index (κ1) is 14.2. The van der Waals surface area contributed by atoms with Gasteiger partial charge in [0.05, 0.1) is 7.11 Å². The smallest absolute Gasteiger partial charge is 0.159 e. The number of Topliss-reactive ketones (excluding diaryl/α,β-unsaturated/α-hetero) is 1. The lowest BCUT2D eigenvalue weighted by molar-refractivity contribution is 0.101. The number of ether oxygens (including phenoxy) is 1. The highest BCUT2D eigenvalue weighted by molar-refractivity contribution is 5.94. The molecule has 0 amide bonds. The highest BCUT2D eigenvalue weighted by Gasteiger charge is 1.97. The topological polar surface area (TPSA) is 26.3 Å². The van der Waals surface area contributed by atoms with E-state index in [9.17, 15) is 4.79 Å². The molecule has 74 valence electrons. The van der Waals surface area contributed by atoms with Crippen LogP contribution < -0.4 is 4.74 Å². The first-order valence-electron chi connectivity index (χ1n) is 3.39. The van der Waals surface area contributed by atoms with Gasteiger partial charge in [-0.3, -0.25) is 4.79 Å². The second-order valence-electron chi connectivity index (χ2n) is 2.28. The molecule has 13 heavy (non-hydrogen) atoms. The lowest BCUT2D eigenvalue weighted by atomic mass is 10.1. The molecule has 0 saturated heterocycles. The second-order valence-corrected chi connectivity index (χ2v) is 2.28. The van der Waals surface area contributed by atoms with Crippen molar-refractivity contribution < 1.29 is 9.53 Å². The van der Waals surface area contributed by atoms with Crippen molar-refractivity contribution in [3.8, 4) is 5.75 Å². The molecule has 0 radical (unpaired) electrons. The Kier molecular flexibility index (Phi) is 6.82. The van der Waals surface area contributed by atoms with E-state index in [1.54, 1.807) is 38.3 Å². The van der Waals surface area contributed by atoms with Crippen LogP contribution in [0.4, 0.5) is 0 Å². The van der Waals surface area contributed by atoms with E-state index >= 15 is 0 Å². The van der Waals surface area contributed by atoms with Crippen LogP contribution in [-0.4, -0.2) is 12.9 Å². The van der Waals surface area contributed by atoms with Gasteiger partial charge in [0.15, 0.2) is 5.78 Å². The quantitative estimate of drug-likeness (QED) is 0.657. The number of hydrogen-bond donors (Lipinski definition) is 0. The van der Waals surface area contributed by atoms with Gasteiger partial charge in [-0.25, -0.2) is 0 Å². The molecule has 0 spiro atoms. The first-order chi connectivity index (χ1) is 5.24. The molecule has 0 aliphatic rings. The minimum atomic E-state index is 0. The maximum Gasteiger partial charge on any atom is 0.159 e. The normalized spacial score (nSPS) is 7.85. The van der Waals surface area contributed by atoms with E-state index in [0.717, 1.165) is 5.75 Å². The molecule has 0 fully saturated rings. The Morgan fingerprint density at radius 3 is 1.92 bits per heavy atom. The molecule has 0 bridgehead atoms. The Bertz CT molecular complexity index is 249. The van der Waals surface area contributed by atoms with Crippen LogP contribution >= 0.6 is 0 Å². The molecule has 0 heterocycles. The maximum atomic E-state index is 10.8. The summed E-state index contributed by atoms with van der Waals surface area (Å²) < 4.78 is 4.94. The van der Waals surface area contributed by atoms with Crippen molar-refractivity contribution in [1.29, 1.82) is 0 Å². The molecular weight excluding hydrogens is 164 g/mol. The van der Waals surface area contributed by atoms with E-state index in [1.165, 1.54) is 0 Å². The van der Waals surface area contributed by atoms with Crippen molar-refractivity contribution in [3.05, 3.63) is 29.8 Å². The Hall–Kier alpha value is -1.31. The zero-order valence-corrected chi connectivity index (χ0v) is 6.63. The van der Waals surface area contributed by atoms with E-state index in [2.05, 4.69) is 0 Å². The molecule has 0 N–H and O–H groups in total. The average Bonchev–Trinajstić information content (AvgIpc) is 2.05. The number of methoxy groups -OCH3 is 1. The van der Waals surface area contributed by atoms with Crippen LogP contribution in [0.3, 0.4) is 0 Å². The van der Waals surface area contributed by atoms with Crippen LogP contribution in [0.5, 0.6) is 5.75 Å². The van der Waals surface area contributed by atoms with Crippen LogP contribution in [0.15, 0.2) is 24.3 Å². The molecule has 1 aromatic carbocycles. The fourth-order valence-electron chi connectivity index (χ4n) is 0.826. The summed E-state index contributed by atoms with van der Waals surface area (Å²) in [6.07, 6.45) is 0. The fraction of sp³-hybridized carbons (Fsp3) is 0.364. The maximum absolute atomic E-state index is 10.8. The number of carbonyl (C=O) groups excluding carboxylic acids is 1. The van der Waals surface area contributed by atoms with E-state index < -0.39 is 0 Å². The van der Waals surface area contributed by atoms with Gasteiger partial charge in [-0.2, -0.15) is 0 Å². The Balaban J connectivity index is 0. The van der Waals surface area contributed by atoms with Crippen LogP contribution in [0.25, 0.3) is 0 Å². The summed E-state index contributed by atoms with van der Waals surface area (Å²) in [4.78, 5) is 10.8. The molecule has 1 rings (SSSR count). The lowest BCUT2D eigenvalue weighted by Crippen LogP contribution is -1.91. The molecule has 0 aliphatic heterocycles. The Morgan fingerprint density at radius 2 is 1.62 bits per heavy atom. The fourth-order valence-corrected chi connectivity index (χ4v) is 0.826. The van der Waals surface area contributed by atoms with Gasteiger partial charge in [-0.05, 0) is 31.2 Å². The summed E-state index contributed by atoms with van der Waals surface area (Å²) in [6, 6.07) is 7.05. The average molecular weight is 182 g/mol. The molecule has 0 aliphatic carbocycles. The van der Waals surface area contributed by atoms with Crippen LogP contribution in [0.1, 0.15) is 32.1 Å². The third-order valence-corrected chi connectivity index (χ3v) is 1.50. The van der Waals surface area contributed by atoms with Crippen LogP contribution in [0, 0.1) is 0 Å². The number of ketones is 1. The van der Waals surface area contributed by atoms with Crippen LogP contribution in [0.2, 0.25) is 0 Å². The Morgan fingerprint density at radius 1 is 1.15 bits per heavy atom. The molecule has 0 atom stereocenters. The minimum Gasteiger partial charge on any atom is -0.497 e. The van der Waals surface area contributed by atoms with Crippen molar-refractivity contribution in [3.63, 3.8) is 0 Å². The molecule has 2 nitrogen and oxygen atoms in total. The van der Waals surface area contributed by atoms with E-state index in [4.69, 9.17) is 4.74 Å². The molecule has 0 unspecified atom stereocenters. The molecule has 0 saturated carbocycles. The third-order valence-electron chi connectivity index (χ3n) is 1.50. The van der Waals surface area contributed by atoms with Crippen molar-refractivity contribution in [2.45, 2.75) is 21.8 Å². The highest BCUT2D eigenvalue weighted by atomic mass is 16.5. The number of carbonyl (C=O) groups is 1. The van der Waals surface area contributed by atoms with Crippen molar-refractivity contribution >= 4 is 5.78 Å². The van der Waals surface area contributed by atoms with Gasteiger partial charge in [0.1, 0.15) is 5.75 Å². The zero-order valence-electron chi connectivity index (χ0n) is 6.63. The van der Waals surface area contributed by atoms with Gasteiger partial charge in [-0.15, -0.1) is 0 Å².